The van der Waals surface area contributed by atoms with Crippen LogP contribution in [-0.2, 0) is 0 Å². The van der Waals surface area contributed by atoms with E-state index in [9.17, 15) is 0 Å². The van der Waals surface area contributed by atoms with Gasteiger partial charge in [0.2, 0.25) is 0 Å². The molecule has 17 heavy (non-hydrogen) atoms. The minimum Gasteiger partial charge on any atom is -0.111 e. The summed E-state index contributed by atoms with van der Waals surface area (Å²) in [6.45, 7) is 2.08. The van der Waals surface area contributed by atoms with Crippen molar-refractivity contribution in [2.24, 2.45) is 0 Å². The summed E-state index contributed by atoms with van der Waals surface area (Å²) in [6.07, 6.45) is 0. The predicted molar refractivity (Wildman–Crippen MR) is 84.0 cm³/mol. The fourth-order valence-electron chi connectivity index (χ4n) is 1.58. The summed E-state index contributed by atoms with van der Waals surface area (Å²) in [7, 11) is 0. The zero-order valence-corrected chi connectivity index (χ0v) is 14.3. The van der Waals surface area contributed by atoms with Crippen LogP contribution in [0.25, 0.3) is 0 Å². The minimum atomic E-state index is 0.0660. The van der Waals surface area contributed by atoms with E-state index in [0.717, 1.165) is 14.4 Å². The van der Waals surface area contributed by atoms with E-state index in [1.165, 1.54) is 22.5 Å². The lowest BCUT2D eigenvalue weighted by Crippen LogP contribution is -1.95. The molecule has 1 aromatic heterocycles. The second-order valence-corrected chi connectivity index (χ2v) is 7.76. The van der Waals surface area contributed by atoms with E-state index in [4.69, 9.17) is 23.2 Å². The average Bonchev–Trinajstić information content (AvgIpc) is 2.60. The van der Waals surface area contributed by atoms with Crippen LogP contribution in [0.3, 0.4) is 0 Å². The lowest BCUT2D eigenvalue weighted by atomic mass is 10.0. The van der Waals surface area contributed by atoms with Gasteiger partial charge in [0, 0.05) is 10.0 Å². The van der Waals surface area contributed by atoms with E-state index >= 15 is 0 Å². The third-order valence-corrected chi connectivity index (χ3v) is 5.47. The Labute approximate surface area is 131 Å². The normalized spacial score (nSPS) is 12.8. The molecule has 0 radical (unpaired) electrons. The third-order valence-electron chi connectivity index (χ3n) is 2.47. The topological polar surface area (TPSA) is 0 Å². The fourth-order valence-corrected chi connectivity index (χ4v) is 4.63. The number of hydrogen-bond donors (Lipinski definition) is 0. The summed E-state index contributed by atoms with van der Waals surface area (Å²) in [4.78, 5) is 0.0660. The van der Waals surface area contributed by atoms with Crippen LogP contribution in [0, 0.1) is 6.92 Å². The van der Waals surface area contributed by atoms with E-state index in [1.807, 2.05) is 12.1 Å². The highest BCUT2D eigenvalue weighted by molar-refractivity contribution is 9.10. The van der Waals surface area contributed by atoms with Gasteiger partial charge in [-0.2, -0.15) is 0 Å². The zero-order valence-electron chi connectivity index (χ0n) is 8.81. The second-order valence-electron chi connectivity index (χ2n) is 3.64. The van der Waals surface area contributed by atoms with Gasteiger partial charge in [-0.25, -0.2) is 0 Å². The van der Waals surface area contributed by atoms with Gasteiger partial charge in [-0.05, 0) is 36.2 Å². The van der Waals surface area contributed by atoms with Gasteiger partial charge < -0.3 is 0 Å². The van der Waals surface area contributed by atoms with Gasteiger partial charge >= 0.3 is 0 Å². The van der Waals surface area contributed by atoms with Crippen LogP contribution < -0.4 is 0 Å². The SMILES string of the molecule is Cc1ccc(Br)cc1C(Br)c1cc(Cl)sc1Cl. The van der Waals surface area contributed by atoms with Crippen LogP contribution in [-0.4, -0.2) is 0 Å². The summed E-state index contributed by atoms with van der Waals surface area (Å²) < 4.78 is 2.50. The Hall–Kier alpha value is 0.460. The molecule has 5 heteroatoms. The van der Waals surface area contributed by atoms with Gasteiger partial charge in [0.15, 0.2) is 0 Å². The van der Waals surface area contributed by atoms with Gasteiger partial charge in [-0.3, -0.25) is 0 Å². The van der Waals surface area contributed by atoms with Crippen LogP contribution in [0.15, 0.2) is 28.7 Å². The number of alkyl halides is 1. The first-order valence-corrected chi connectivity index (χ1v) is 8.12. The molecule has 0 saturated carbocycles. The van der Waals surface area contributed by atoms with Crippen molar-refractivity contribution in [3.63, 3.8) is 0 Å². The van der Waals surface area contributed by atoms with Crippen LogP contribution >= 0.6 is 66.4 Å². The molecule has 2 aromatic rings. The first-order chi connectivity index (χ1) is 7.99. The molecule has 0 amide bonds. The van der Waals surface area contributed by atoms with E-state index in [-0.39, 0.29) is 4.83 Å². The first kappa shape index (κ1) is 13.9. The van der Waals surface area contributed by atoms with Gasteiger partial charge in [-0.1, -0.05) is 61.1 Å². The molecule has 0 nitrogen and oxygen atoms in total. The van der Waals surface area contributed by atoms with Crippen LogP contribution in [0.2, 0.25) is 8.67 Å². The monoisotopic (exact) mass is 412 g/mol. The molecule has 2 rings (SSSR count). The van der Waals surface area contributed by atoms with E-state index in [0.29, 0.717) is 4.34 Å². The molecule has 1 aromatic carbocycles. The van der Waals surface area contributed by atoms with Gasteiger partial charge in [0.25, 0.3) is 0 Å². The number of rotatable bonds is 2. The molecular weight excluding hydrogens is 407 g/mol. The second kappa shape index (κ2) is 5.62. The maximum absolute atomic E-state index is 6.17. The lowest BCUT2D eigenvalue weighted by Gasteiger charge is -2.13. The Morgan fingerprint density at radius 3 is 2.47 bits per heavy atom. The Kier molecular flexibility index (Phi) is 4.59. The summed E-state index contributed by atoms with van der Waals surface area (Å²) in [5.41, 5.74) is 3.42. The molecule has 0 saturated heterocycles. The minimum absolute atomic E-state index is 0.0660. The van der Waals surface area contributed by atoms with Crippen molar-refractivity contribution in [3.8, 4) is 0 Å². The molecule has 90 valence electrons. The Bertz CT molecular complexity index is 551. The maximum atomic E-state index is 6.17. The first-order valence-electron chi connectivity index (χ1n) is 4.84. The number of thiophene rings is 1. The number of hydrogen-bond acceptors (Lipinski definition) is 1. The summed E-state index contributed by atoms with van der Waals surface area (Å²) >= 11 is 20.7. The van der Waals surface area contributed by atoms with E-state index in [1.54, 1.807) is 0 Å². The molecule has 0 fully saturated rings. The summed E-state index contributed by atoms with van der Waals surface area (Å²) in [5.74, 6) is 0. The van der Waals surface area contributed by atoms with Crippen molar-refractivity contribution in [1.29, 1.82) is 0 Å². The van der Waals surface area contributed by atoms with Crippen molar-refractivity contribution in [2.45, 2.75) is 11.8 Å². The fraction of sp³-hybridized carbons (Fsp3) is 0.167. The maximum Gasteiger partial charge on any atom is 0.0990 e. The van der Waals surface area contributed by atoms with Gasteiger partial charge in [0.1, 0.15) is 0 Å². The van der Waals surface area contributed by atoms with Gasteiger partial charge in [-0.15, -0.1) is 11.3 Å². The smallest absolute Gasteiger partial charge is 0.0990 e. The summed E-state index contributed by atoms with van der Waals surface area (Å²) in [5, 5.41) is 0. The molecule has 0 spiro atoms. The molecule has 1 heterocycles. The Morgan fingerprint density at radius 1 is 1.18 bits per heavy atom. The van der Waals surface area contributed by atoms with Crippen LogP contribution in [0.5, 0.6) is 0 Å². The van der Waals surface area contributed by atoms with E-state index in [2.05, 4.69) is 50.9 Å². The highest BCUT2D eigenvalue weighted by Crippen LogP contribution is 2.42. The number of halogens is 4. The van der Waals surface area contributed by atoms with Crippen LogP contribution in [0.1, 0.15) is 21.5 Å². The molecule has 1 unspecified atom stereocenters. The summed E-state index contributed by atoms with van der Waals surface area (Å²) in [6, 6.07) is 8.11. The largest absolute Gasteiger partial charge is 0.111 e. The molecule has 1 atom stereocenters. The molecule has 0 aliphatic heterocycles. The quantitative estimate of drug-likeness (QED) is 0.485. The zero-order chi connectivity index (χ0) is 12.6. The molecule has 0 N–H and O–H groups in total. The number of aryl methyl sites for hydroxylation is 1. The Morgan fingerprint density at radius 2 is 1.88 bits per heavy atom. The van der Waals surface area contributed by atoms with Gasteiger partial charge in [0.05, 0.1) is 13.5 Å². The molecule has 0 aliphatic rings. The van der Waals surface area contributed by atoms with Crippen molar-refractivity contribution in [1.82, 2.24) is 0 Å². The Balaban J connectivity index is 2.46. The number of benzene rings is 1. The molecular formula is C12H8Br2Cl2S. The van der Waals surface area contributed by atoms with E-state index < -0.39 is 0 Å². The molecule has 0 bridgehead atoms. The van der Waals surface area contributed by atoms with Crippen molar-refractivity contribution in [2.75, 3.05) is 0 Å². The average molecular weight is 415 g/mol. The van der Waals surface area contributed by atoms with Crippen molar-refractivity contribution < 1.29 is 0 Å². The molecule has 0 aliphatic carbocycles. The van der Waals surface area contributed by atoms with Crippen LogP contribution in [0.4, 0.5) is 0 Å². The predicted octanol–water partition coefficient (Wildman–Crippen LogP) is 6.61. The third kappa shape index (κ3) is 3.07. The highest BCUT2D eigenvalue weighted by atomic mass is 79.9. The lowest BCUT2D eigenvalue weighted by molar-refractivity contribution is 1.15. The standard InChI is InChI=1S/C12H8Br2Cl2S/c1-6-2-3-7(13)4-8(6)11(14)9-5-10(15)17-12(9)16/h2-5,11H,1H3. The highest BCUT2D eigenvalue weighted by Gasteiger charge is 2.18. The van der Waals surface area contributed by atoms with Crippen molar-refractivity contribution >= 4 is 66.4 Å². The van der Waals surface area contributed by atoms with Crippen molar-refractivity contribution in [3.05, 3.63) is 54.1 Å².